The third kappa shape index (κ3) is 4.45. The SMILES string of the molecule is COCCN1C(=O)C[C@@H](CNCc2nc(C)ccc2O)[C@@H]1c1cnn(C)c1. The second kappa shape index (κ2) is 8.49. The summed E-state index contributed by atoms with van der Waals surface area (Å²) in [6, 6.07) is 3.40. The first-order valence-corrected chi connectivity index (χ1v) is 9.12. The van der Waals surface area contributed by atoms with E-state index in [1.807, 2.05) is 31.3 Å². The van der Waals surface area contributed by atoms with E-state index < -0.39 is 0 Å². The smallest absolute Gasteiger partial charge is 0.223 e. The molecule has 0 bridgehead atoms. The average Bonchev–Trinajstić information content (AvgIpc) is 3.19. The molecule has 3 heterocycles. The molecule has 0 radical (unpaired) electrons. The fourth-order valence-corrected chi connectivity index (χ4v) is 3.65. The number of amides is 1. The fourth-order valence-electron chi connectivity index (χ4n) is 3.65. The minimum Gasteiger partial charge on any atom is -0.506 e. The van der Waals surface area contributed by atoms with E-state index in [1.54, 1.807) is 23.9 Å². The van der Waals surface area contributed by atoms with Crippen LogP contribution in [0.2, 0.25) is 0 Å². The highest BCUT2D eigenvalue weighted by atomic mass is 16.5. The van der Waals surface area contributed by atoms with Crippen molar-refractivity contribution in [3.8, 4) is 5.75 Å². The zero-order valence-electron chi connectivity index (χ0n) is 16.1. The second-order valence-corrected chi connectivity index (χ2v) is 6.99. The summed E-state index contributed by atoms with van der Waals surface area (Å²) in [6.45, 7) is 4.06. The van der Waals surface area contributed by atoms with E-state index in [9.17, 15) is 9.90 Å². The van der Waals surface area contributed by atoms with Crippen molar-refractivity contribution in [2.24, 2.45) is 13.0 Å². The van der Waals surface area contributed by atoms with Gasteiger partial charge in [-0.25, -0.2) is 0 Å². The predicted molar refractivity (Wildman–Crippen MR) is 100.0 cm³/mol. The number of rotatable bonds is 8. The van der Waals surface area contributed by atoms with Gasteiger partial charge in [-0.1, -0.05) is 0 Å². The number of carbonyl (C=O) groups excluding carboxylic acids is 1. The van der Waals surface area contributed by atoms with E-state index in [2.05, 4.69) is 15.4 Å². The van der Waals surface area contributed by atoms with Crippen LogP contribution >= 0.6 is 0 Å². The number of ether oxygens (including phenoxy) is 1. The van der Waals surface area contributed by atoms with Crippen LogP contribution in [0.1, 0.15) is 29.4 Å². The molecule has 8 heteroatoms. The normalized spacial score (nSPS) is 19.8. The van der Waals surface area contributed by atoms with Gasteiger partial charge in [-0.05, 0) is 19.1 Å². The van der Waals surface area contributed by atoms with Gasteiger partial charge in [-0.2, -0.15) is 5.10 Å². The van der Waals surface area contributed by atoms with Crippen LogP contribution in [0.5, 0.6) is 5.75 Å². The molecule has 8 nitrogen and oxygen atoms in total. The molecule has 0 saturated carbocycles. The molecule has 2 N–H and O–H groups in total. The van der Waals surface area contributed by atoms with Crippen LogP contribution in [0.25, 0.3) is 0 Å². The number of carbonyl (C=O) groups is 1. The van der Waals surface area contributed by atoms with Gasteiger partial charge in [0.05, 0.1) is 24.5 Å². The van der Waals surface area contributed by atoms with Gasteiger partial charge in [0.1, 0.15) is 5.75 Å². The average molecular weight is 373 g/mol. The highest BCUT2D eigenvalue weighted by Crippen LogP contribution is 2.37. The minimum atomic E-state index is -0.0343. The number of hydrogen-bond acceptors (Lipinski definition) is 6. The number of pyridine rings is 1. The Kier molecular flexibility index (Phi) is 6.08. The predicted octanol–water partition coefficient (Wildman–Crippen LogP) is 1.15. The second-order valence-electron chi connectivity index (χ2n) is 6.99. The van der Waals surface area contributed by atoms with Crippen LogP contribution in [-0.4, -0.2) is 57.5 Å². The number of hydrogen-bond donors (Lipinski definition) is 2. The Morgan fingerprint density at radius 3 is 2.93 bits per heavy atom. The Labute approximate surface area is 159 Å². The van der Waals surface area contributed by atoms with Crippen molar-refractivity contribution in [3.05, 3.63) is 41.5 Å². The molecule has 1 fully saturated rings. The number of nitrogens with zero attached hydrogens (tertiary/aromatic N) is 4. The maximum Gasteiger partial charge on any atom is 0.223 e. The van der Waals surface area contributed by atoms with E-state index in [4.69, 9.17) is 4.74 Å². The van der Waals surface area contributed by atoms with Crippen LogP contribution < -0.4 is 5.32 Å². The summed E-state index contributed by atoms with van der Waals surface area (Å²) in [7, 11) is 3.51. The van der Waals surface area contributed by atoms with Crippen molar-refractivity contribution in [3.63, 3.8) is 0 Å². The zero-order valence-corrected chi connectivity index (χ0v) is 16.1. The van der Waals surface area contributed by atoms with Crippen LogP contribution in [0.15, 0.2) is 24.5 Å². The van der Waals surface area contributed by atoms with Gasteiger partial charge in [0.2, 0.25) is 5.91 Å². The van der Waals surface area contributed by atoms with E-state index in [0.717, 1.165) is 11.3 Å². The molecule has 1 saturated heterocycles. The molecule has 1 amide bonds. The third-order valence-corrected chi connectivity index (χ3v) is 4.93. The maximum absolute atomic E-state index is 12.6. The molecule has 0 unspecified atom stereocenters. The Hall–Kier alpha value is -2.45. The molecule has 27 heavy (non-hydrogen) atoms. The molecule has 146 valence electrons. The Morgan fingerprint density at radius 2 is 2.22 bits per heavy atom. The number of likely N-dealkylation sites (tertiary alicyclic amines) is 1. The fraction of sp³-hybridized carbons (Fsp3) is 0.526. The lowest BCUT2D eigenvalue weighted by Crippen LogP contribution is -2.33. The molecule has 2 atom stereocenters. The van der Waals surface area contributed by atoms with Gasteiger partial charge in [-0.3, -0.25) is 14.5 Å². The number of nitrogens with one attached hydrogen (secondary N) is 1. The molecule has 1 aliphatic rings. The van der Waals surface area contributed by atoms with Crippen molar-refractivity contribution < 1.29 is 14.6 Å². The highest BCUT2D eigenvalue weighted by Gasteiger charge is 2.40. The summed E-state index contributed by atoms with van der Waals surface area (Å²) in [5.41, 5.74) is 2.51. The molecule has 0 aromatic carbocycles. The largest absolute Gasteiger partial charge is 0.506 e. The minimum absolute atomic E-state index is 0.0343. The first-order chi connectivity index (χ1) is 13.0. The van der Waals surface area contributed by atoms with E-state index in [1.165, 1.54) is 0 Å². The van der Waals surface area contributed by atoms with E-state index in [-0.39, 0.29) is 23.6 Å². The number of aromatic hydroxyl groups is 1. The lowest BCUT2D eigenvalue weighted by molar-refractivity contribution is -0.129. The quantitative estimate of drug-likeness (QED) is 0.721. The summed E-state index contributed by atoms with van der Waals surface area (Å²) in [5.74, 6) is 0.427. The molecule has 2 aromatic rings. The van der Waals surface area contributed by atoms with E-state index in [0.29, 0.717) is 38.4 Å². The summed E-state index contributed by atoms with van der Waals surface area (Å²) in [4.78, 5) is 18.8. The van der Waals surface area contributed by atoms with Crippen LogP contribution in [-0.2, 0) is 23.1 Å². The maximum atomic E-state index is 12.6. The van der Waals surface area contributed by atoms with Gasteiger partial charge in [0, 0.05) is 63.6 Å². The Balaban J connectivity index is 1.70. The Morgan fingerprint density at radius 1 is 1.41 bits per heavy atom. The summed E-state index contributed by atoms with van der Waals surface area (Å²) < 4.78 is 6.93. The van der Waals surface area contributed by atoms with Crippen molar-refractivity contribution in [1.29, 1.82) is 0 Å². The first kappa shape index (κ1) is 19.3. The highest BCUT2D eigenvalue weighted by molar-refractivity contribution is 5.79. The summed E-state index contributed by atoms with van der Waals surface area (Å²) in [5, 5.41) is 17.6. The van der Waals surface area contributed by atoms with Crippen molar-refractivity contribution >= 4 is 5.91 Å². The molecular weight excluding hydrogens is 346 g/mol. The molecular formula is C19H27N5O3. The lowest BCUT2D eigenvalue weighted by Gasteiger charge is -2.27. The van der Waals surface area contributed by atoms with Gasteiger partial charge in [-0.15, -0.1) is 0 Å². The first-order valence-electron chi connectivity index (χ1n) is 9.12. The van der Waals surface area contributed by atoms with Crippen molar-refractivity contribution in [2.75, 3.05) is 26.8 Å². The molecule has 2 aromatic heterocycles. The topological polar surface area (TPSA) is 92.5 Å². The summed E-state index contributed by atoms with van der Waals surface area (Å²) in [6.07, 6.45) is 4.26. The lowest BCUT2D eigenvalue weighted by atomic mass is 9.95. The van der Waals surface area contributed by atoms with Gasteiger partial charge >= 0.3 is 0 Å². The van der Waals surface area contributed by atoms with Crippen LogP contribution in [0.3, 0.4) is 0 Å². The van der Waals surface area contributed by atoms with Crippen LogP contribution in [0.4, 0.5) is 0 Å². The van der Waals surface area contributed by atoms with Crippen molar-refractivity contribution in [1.82, 2.24) is 25.0 Å². The monoisotopic (exact) mass is 373 g/mol. The number of aryl methyl sites for hydroxylation is 2. The number of methoxy groups -OCH3 is 1. The van der Waals surface area contributed by atoms with Crippen LogP contribution in [0, 0.1) is 12.8 Å². The van der Waals surface area contributed by atoms with Crippen molar-refractivity contribution in [2.45, 2.75) is 25.9 Å². The third-order valence-electron chi connectivity index (χ3n) is 4.93. The summed E-state index contributed by atoms with van der Waals surface area (Å²) >= 11 is 0. The molecule has 3 rings (SSSR count). The van der Waals surface area contributed by atoms with Gasteiger partial charge in [0.15, 0.2) is 0 Å². The van der Waals surface area contributed by atoms with E-state index >= 15 is 0 Å². The molecule has 1 aliphatic heterocycles. The molecule has 0 spiro atoms. The molecule has 0 aliphatic carbocycles. The number of aromatic nitrogens is 3. The zero-order chi connectivity index (χ0) is 19.4. The van der Waals surface area contributed by atoms with Gasteiger partial charge < -0.3 is 20.1 Å². The van der Waals surface area contributed by atoms with Gasteiger partial charge in [0.25, 0.3) is 0 Å². The Bertz CT molecular complexity index is 791. The standard InChI is InChI=1S/C19H27N5O3/c1-13-4-5-17(25)16(22-13)11-20-9-14-8-18(26)24(6-7-27-3)19(14)15-10-21-23(2)12-15/h4-5,10,12,14,19-20,25H,6-9,11H2,1-3H3/t14-,19+/m0/s1.